The molecule has 1 fully saturated rings. The minimum atomic E-state index is 0.560. The van der Waals surface area contributed by atoms with E-state index in [-0.39, 0.29) is 0 Å². The van der Waals surface area contributed by atoms with Crippen LogP contribution in [0, 0.1) is 5.92 Å². The third-order valence-corrected chi connectivity index (χ3v) is 4.23. The molecule has 0 saturated carbocycles. The normalized spacial score (nSPS) is 20.5. The molecule has 1 aliphatic heterocycles. The van der Waals surface area contributed by atoms with Gasteiger partial charge in [0, 0.05) is 19.3 Å². The van der Waals surface area contributed by atoms with Crippen LogP contribution in [0.5, 0.6) is 0 Å². The summed E-state index contributed by atoms with van der Waals surface area (Å²) in [6.07, 6.45) is 5.78. The Morgan fingerprint density at radius 1 is 1.42 bits per heavy atom. The van der Waals surface area contributed by atoms with Gasteiger partial charge in [-0.25, -0.2) is 0 Å². The lowest BCUT2D eigenvalue weighted by Gasteiger charge is -2.15. The fraction of sp³-hybridized carbons (Fsp3) is 0.800. The highest BCUT2D eigenvalue weighted by molar-refractivity contribution is 5.00. The lowest BCUT2D eigenvalue weighted by atomic mass is 10.1. The predicted molar refractivity (Wildman–Crippen MR) is 79.2 cm³/mol. The molecular weight excluding hydrogens is 236 g/mol. The van der Waals surface area contributed by atoms with Crippen LogP contribution in [0.25, 0.3) is 0 Å². The van der Waals surface area contributed by atoms with Gasteiger partial charge in [0.2, 0.25) is 0 Å². The number of hydrogen-bond acceptors (Lipinski definition) is 3. The van der Waals surface area contributed by atoms with Crippen LogP contribution in [0.4, 0.5) is 0 Å². The summed E-state index contributed by atoms with van der Waals surface area (Å²) in [6, 6.07) is 2.74. The van der Waals surface area contributed by atoms with Gasteiger partial charge in [-0.2, -0.15) is 5.10 Å². The van der Waals surface area contributed by atoms with Gasteiger partial charge in [0.25, 0.3) is 0 Å². The van der Waals surface area contributed by atoms with E-state index in [1.807, 2.05) is 7.05 Å². The molecule has 0 radical (unpaired) electrons. The van der Waals surface area contributed by atoms with Crippen molar-refractivity contribution in [2.24, 2.45) is 5.92 Å². The van der Waals surface area contributed by atoms with Crippen LogP contribution in [0.15, 0.2) is 12.3 Å². The molecule has 4 nitrogen and oxygen atoms in total. The maximum absolute atomic E-state index is 4.75. The first kappa shape index (κ1) is 14.5. The maximum Gasteiger partial charge on any atom is 0.0764 e. The van der Waals surface area contributed by atoms with Gasteiger partial charge in [-0.15, -0.1) is 0 Å². The van der Waals surface area contributed by atoms with E-state index in [4.69, 9.17) is 5.10 Å². The summed E-state index contributed by atoms with van der Waals surface area (Å²) in [5.74, 6) is 0.811. The lowest BCUT2D eigenvalue weighted by Crippen LogP contribution is -2.24. The third-order valence-electron chi connectivity index (χ3n) is 4.23. The van der Waals surface area contributed by atoms with Crippen molar-refractivity contribution < 1.29 is 0 Å². The topological polar surface area (TPSA) is 33.1 Å². The van der Waals surface area contributed by atoms with Crippen LogP contribution < -0.4 is 5.32 Å². The van der Waals surface area contributed by atoms with Gasteiger partial charge in [-0.05, 0) is 51.4 Å². The second-order valence-corrected chi connectivity index (χ2v) is 5.70. The number of nitrogens with one attached hydrogen (secondary N) is 1. The SMILES string of the molecule is CCC(CC)n1ccc(CN2CCC(CNC)C2)n1. The molecule has 0 spiro atoms. The Balaban J connectivity index is 1.87. The molecule has 1 aromatic heterocycles. The molecule has 0 amide bonds. The molecule has 1 saturated heterocycles. The highest BCUT2D eigenvalue weighted by Gasteiger charge is 2.22. The van der Waals surface area contributed by atoms with E-state index >= 15 is 0 Å². The van der Waals surface area contributed by atoms with Gasteiger partial charge in [-0.3, -0.25) is 9.58 Å². The Kier molecular flexibility index (Phi) is 5.40. The molecule has 1 N–H and O–H groups in total. The van der Waals surface area contributed by atoms with Crippen molar-refractivity contribution in [3.63, 3.8) is 0 Å². The zero-order valence-corrected chi connectivity index (χ0v) is 12.6. The predicted octanol–water partition coefficient (Wildman–Crippen LogP) is 2.29. The molecule has 0 aliphatic carbocycles. The number of likely N-dealkylation sites (tertiary alicyclic amines) is 1. The van der Waals surface area contributed by atoms with Gasteiger partial charge in [-0.1, -0.05) is 13.8 Å². The first-order valence-corrected chi connectivity index (χ1v) is 7.67. The molecule has 108 valence electrons. The summed E-state index contributed by atoms with van der Waals surface area (Å²) < 4.78 is 2.15. The smallest absolute Gasteiger partial charge is 0.0764 e. The Morgan fingerprint density at radius 2 is 2.21 bits per heavy atom. The van der Waals surface area contributed by atoms with Crippen LogP contribution >= 0.6 is 0 Å². The lowest BCUT2D eigenvalue weighted by molar-refractivity contribution is 0.308. The van der Waals surface area contributed by atoms with Crippen molar-refractivity contribution in [1.82, 2.24) is 20.0 Å². The molecule has 4 heteroatoms. The van der Waals surface area contributed by atoms with Gasteiger partial charge >= 0.3 is 0 Å². The average molecular weight is 264 g/mol. The van der Waals surface area contributed by atoms with Crippen molar-refractivity contribution in [3.05, 3.63) is 18.0 Å². The molecule has 19 heavy (non-hydrogen) atoms. The monoisotopic (exact) mass is 264 g/mol. The summed E-state index contributed by atoms with van der Waals surface area (Å²) in [5.41, 5.74) is 1.22. The van der Waals surface area contributed by atoms with Crippen molar-refractivity contribution >= 4 is 0 Å². The highest BCUT2D eigenvalue weighted by atomic mass is 15.3. The van der Waals surface area contributed by atoms with E-state index in [1.165, 1.54) is 25.2 Å². The van der Waals surface area contributed by atoms with E-state index in [2.05, 4.69) is 41.0 Å². The molecule has 1 unspecified atom stereocenters. The minimum Gasteiger partial charge on any atom is -0.319 e. The third kappa shape index (κ3) is 3.80. The van der Waals surface area contributed by atoms with Crippen molar-refractivity contribution in [1.29, 1.82) is 0 Å². The Labute approximate surface area is 117 Å². The fourth-order valence-corrected chi connectivity index (χ4v) is 3.07. The highest BCUT2D eigenvalue weighted by Crippen LogP contribution is 2.19. The van der Waals surface area contributed by atoms with Gasteiger partial charge in [0.15, 0.2) is 0 Å². The minimum absolute atomic E-state index is 0.560. The molecular formula is C15H28N4. The average Bonchev–Trinajstić information content (AvgIpc) is 3.02. The van der Waals surface area contributed by atoms with Crippen LogP contribution in [0.3, 0.4) is 0 Å². The van der Waals surface area contributed by atoms with E-state index in [0.29, 0.717) is 6.04 Å². The van der Waals surface area contributed by atoms with E-state index in [1.54, 1.807) is 0 Å². The molecule has 1 atom stereocenters. The van der Waals surface area contributed by atoms with E-state index < -0.39 is 0 Å². The van der Waals surface area contributed by atoms with E-state index in [0.717, 1.165) is 31.8 Å². The second-order valence-electron chi connectivity index (χ2n) is 5.70. The quantitative estimate of drug-likeness (QED) is 0.820. The molecule has 1 aromatic rings. The van der Waals surface area contributed by atoms with Crippen molar-refractivity contribution in [2.75, 3.05) is 26.7 Å². The van der Waals surface area contributed by atoms with Crippen LogP contribution in [0.1, 0.15) is 44.8 Å². The molecule has 2 heterocycles. The number of rotatable bonds is 7. The summed E-state index contributed by atoms with van der Waals surface area (Å²) in [7, 11) is 2.04. The summed E-state index contributed by atoms with van der Waals surface area (Å²) in [6.45, 7) is 9.03. The number of aromatic nitrogens is 2. The van der Waals surface area contributed by atoms with Gasteiger partial charge < -0.3 is 5.32 Å². The number of nitrogens with zero attached hydrogens (tertiary/aromatic N) is 3. The summed E-state index contributed by atoms with van der Waals surface area (Å²) in [5, 5.41) is 8.03. The fourth-order valence-electron chi connectivity index (χ4n) is 3.07. The van der Waals surface area contributed by atoms with Crippen LogP contribution in [0.2, 0.25) is 0 Å². The second kappa shape index (κ2) is 7.06. The van der Waals surface area contributed by atoms with E-state index in [9.17, 15) is 0 Å². The first-order chi connectivity index (χ1) is 9.26. The zero-order valence-electron chi connectivity index (χ0n) is 12.6. The molecule has 0 bridgehead atoms. The van der Waals surface area contributed by atoms with Crippen LogP contribution in [-0.4, -0.2) is 41.4 Å². The maximum atomic E-state index is 4.75. The Hall–Kier alpha value is -0.870. The van der Waals surface area contributed by atoms with Crippen molar-refractivity contribution in [3.8, 4) is 0 Å². The number of hydrogen-bond donors (Lipinski definition) is 1. The standard InChI is InChI=1S/C15H28N4/c1-4-15(5-2)19-9-7-14(17-19)12-18-8-6-13(11-18)10-16-3/h7,9,13,15-16H,4-6,8,10-12H2,1-3H3. The Morgan fingerprint density at radius 3 is 2.89 bits per heavy atom. The van der Waals surface area contributed by atoms with Gasteiger partial charge in [0.05, 0.1) is 11.7 Å². The Bertz CT molecular complexity index is 370. The summed E-state index contributed by atoms with van der Waals surface area (Å²) in [4.78, 5) is 2.53. The molecule has 1 aliphatic rings. The molecule has 0 aromatic carbocycles. The van der Waals surface area contributed by atoms with Crippen molar-refractivity contribution in [2.45, 2.75) is 45.7 Å². The van der Waals surface area contributed by atoms with Crippen LogP contribution in [-0.2, 0) is 6.54 Å². The summed E-state index contributed by atoms with van der Waals surface area (Å²) >= 11 is 0. The van der Waals surface area contributed by atoms with Gasteiger partial charge in [0.1, 0.15) is 0 Å². The first-order valence-electron chi connectivity index (χ1n) is 7.67. The largest absolute Gasteiger partial charge is 0.319 e. The zero-order chi connectivity index (χ0) is 13.7. The molecule has 2 rings (SSSR count).